The Morgan fingerprint density at radius 3 is 1.60 bits per heavy atom. The molecule has 1 aromatic carbocycles. The Bertz CT molecular complexity index is 502. The average Bonchev–Trinajstić information content (AvgIpc) is 2.38. The molecular weight excluding hydrogens is 272 g/mol. The summed E-state index contributed by atoms with van der Waals surface area (Å²) in [5, 5.41) is 46.8. The van der Waals surface area contributed by atoms with E-state index in [2.05, 4.69) is 0 Å². The topological polar surface area (TPSA) is 152 Å². The highest BCUT2D eigenvalue weighted by Gasteiger charge is 2.69. The Labute approximate surface area is 112 Å². The second-order valence-corrected chi connectivity index (χ2v) is 4.05. The van der Waals surface area contributed by atoms with Crippen molar-refractivity contribution in [2.45, 2.75) is 5.60 Å². The highest BCUT2D eigenvalue weighted by molar-refractivity contribution is 6.17. The van der Waals surface area contributed by atoms with Crippen LogP contribution in [-0.4, -0.2) is 50.0 Å². The fraction of sp³-hybridized carbons (Fsp3) is 0.250. The summed E-state index contributed by atoms with van der Waals surface area (Å²) in [6, 6.07) is 6.42. The maximum Gasteiger partial charge on any atom is 0.336 e. The number of aliphatic hydroxyl groups is 2. The van der Waals surface area contributed by atoms with Gasteiger partial charge in [0.25, 0.3) is 5.41 Å². The number of carbonyl (C=O) groups is 3. The maximum atomic E-state index is 11.3. The van der Waals surface area contributed by atoms with Gasteiger partial charge in [-0.05, 0) is 5.56 Å². The first-order chi connectivity index (χ1) is 9.25. The molecule has 1 rings (SSSR count). The SMILES string of the molecule is O=C(O)C(C(=O)O)(C(=O)O)C(O)(CO)c1ccccc1. The lowest BCUT2D eigenvalue weighted by Crippen LogP contribution is -2.62. The van der Waals surface area contributed by atoms with Crippen LogP contribution >= 0.6 is 0 Å². The Balaban J connectivity index is 3.71. The van der Waals surface area contributed by atoms with Crippen LogP contribution in [0.15, 0.2) is 30.3 Å². The summed E-state index contributed by atoms with van der Waals surface area (Å²) in [4.78, 5) is 33.8. The quantitative estimate of drug-likeness (QED) is 0.421. The zero-order chi connectivity index (χ0) is 15.6. The lowest BCUT2D eigenvalue weighted by Gasteiger charge is -2.37. The largest absolute Gasteiger partial charge is 0.480 e. The van der Waals surface area contributed by atoms with Gasteiger partial charge in [-0.25, -0.2) is 0 Å². The molecule has 0 aliphatic heterocycles. The van der Waals surface area contributed by atoms with Gasteiger partial charge in [0.05, 0.1) is 6.61 Å². The zero-order valence-electron chi connectivity index (χ0n) is 10.1. The normalized spacial score (nSPS) is 14.3. The van der Waals surface area contributed by atoms with Crippen molar-refractivity contribution in [2.24, 2.45) is 5.41 Å². The number of rotatable bonds is 6. The minimum absolute atomic E-state index is 0.338. The summed E-state index contributed by atoms with van der Waals surface area (Å²) >= 11 is 0. The molecule has 0 saturated carbocycles. The van der Waals surface area contributed by atoms with Gasteiger partial charge < -0.3 is 25.5 Å². The molecule has 0 heterocycles. The number of hydrogen-bond donors (Lipinski definition) is 5. The first-order valence-electron chi connectivity index (χ1n) is 5.34. The first kappa shape index (κ1) is 15.6. The lowest BCUT2D eigenvalue weighted by atomic mass is 9.68. The van der Waals surface area contributed by atoms with Gasteiger partial charge >= 0.3 is 17.9 Å². The third kappa shape index (κ3) is 1.91. The fourth-order valence-corrected chi connectivity index (χ4v) is 1.95. The second kappa shape index (κ2) is 5.27. The van der Waals surface area contributed by atoms with Gasteiger partial charge in [0.15, 0.2) is 5.60 Å². The molecular formula is C12H12O8. The summed E-state index contributed by atoms with van der Waals surface area (Å²) in [6.07, 6.45) is 0. The summed E-state index contributed by atoms with van der Waals surface area (Å²) < 4.78 is 0. The number of carboxylic acids is 3. The molecule has 0 aromatic heterocycles. The molecule has 1 atom stereocenters. The molecule has 0 radical (unpaired) electrons. The van der Waals surface area contributed by atoms with Gasteiger partial charge in [-0.15, -0.1) is 0 Å². The summed E-state index contributed by atoms with van der Waals surface area (Å²) in [6.45, 7) is -1.40. The van der Waals surface area contributed by atoms with Crippen LogP contribution in [0.4, 0.5) is 0 Å². The predicted molar refractivity (Wildman–Crippen MR) is 62.8 cm³/mol. The van der Waals surface area contributed by atoms with E-state index in [4.69, 9.17) is 15.3 Å². The van der Waals surface area contributed by atoms with Crippen LogP contribution in [0.25, 0.3) is 0 Å². The van der Waals surface area contributed by atoms with E-state index in [9.17, 15) is 24.6 Å². The second-order valence-electron chi connectivity index (χ2n) is 4.05. The van der Waals surface area contributed by atoms with Crippen molar-refractivity contribution in [1.82, 2.24) is 0 Å². The van der Waals surface area contributed by atoms with Crippen molar-refractivity contribution >= 4 is 17.9 Å². The van der Waals surface area contributed by atoms with Gasteiger partial charge in [0.1, 0.15) is 0 Å². The van der Waals surface area contributed by atoms with Crippen molar-refractivity contribution in [2.75, 3.05) is 6.61 Å². The fourth-order valence-electron chi connectivity index (χ4n) is 1.95. The van der Waals surface area contributed by atoms with E-state index < -0.39 is 35.5 Å². The van der Waals surface area contributed by atoms with Crippen LogP contribution in [0.5, 0.6) is 0 Å². The van der Waals surface area contributed by atoms with Gasteiger partial charge in [-0.3, -0.25) is 14.4 Å². The van der Waals surface area contributed by atoms with Gasteiger partial charge in [-0.1, -0.05) is 30.3 Å². The molecule has 1 unspecified atom stereocenters. The predicted octanol–water partition coefficient (Wildman–Crippen LogP) is -0.893. The molecule has 0 bridgehead atoms. The summed E-state index contributed by atoms with van der Waals surface area (Å²) in [7, 11) is 0. The molecule has 0 amide bonds. The molecule has 0 saturated heterocycles. The number of benzene rings is 1. The number of carboxylic acid groups (broad SMARTS) is 3. The maximum absolute atomic E-state index is 11.3. The van der Waals surface area contributed by atoms with E-state index in [1.165, 1.54) is 18.2 Å². The first-order valence-corrected chi connectivity index (χ1v) is 5.34. The van der Waals surface area contributed by atoms with Crippen LogP contribution < -0.4 is 0 Å². The van der Waals surface area contributed by atoms with Gasteiger partial charge in [0, 0.05) is 0 Å². The van der Waals surface area contributed by atoms with E-state index >= 15 is 0 Å². The van der Waals surface area contributed by atoms with Gasteiger partial charge in [0.2, 0.25) is 0 Å². The van der Waals surface area contributed by atoms with Gasteiger partial charge in [-0.2, -0.15) is 0 Å². The molecule has 8 nitrogen and oxygen atoms in total. The molecule has 20 heavy (non-hydrogen) atoms. The van der Waals surface area contributed by atoms with E-state index in [1.54, 1.807) is 0 Å². The third-order valence-electron chi connectivity index (χ3n) is 3.06. The lowest BCUT2D eigenvalue weighted by molar-refractivity contribution is -0.204. The number of aliphatic hydroxyl groups excluding tert-OH is 1. The van der Waals surface area contributed by atoms with Crippen LogP contribution in [0.1, 0.15) is 5.56 Å². The molecule has 108 valence electrons. The molecule has 0 spiro atoms. The smallest absolute Gasteiger partial charge is 0.336 e. The van der Waals surface area contributed by atoms with E-state index in [1.807, 2.05) is 0 Å². The van der Waals surface area contributed by atoms with E-state index in [0.717, 1.165) is 12.1 Å². The Morgan fingerprint density at radius 1 is 0.900 bits per heavy atom. The van der Waals surface area contributed by atoms with Crippen molar-refractivity contribution in [3.8, 4) is 0 Å². The monoisotopic (exact) mass is 284 g/mol. The molecule has 0 aliphatic carbocycles. The highest BCUT2D eigenvalue weighted by atomic mass is 16.4. The third-order valence-corrected chi connectivity index (χ3v) is 3.06. The van der Waals surface area contributed by atoms with E-state index in [-0.39, 0.29) is 5.56 Å². The summed E-state index contributed by atoms with van der Waals surface area (Å²) in [5.74, 6) is -6.88. The minimum atomic E-state index is -3.64. The highest BCUT2D eigenvalue weighted by Crippen LogP contribution is 2.41. The standard InChI is InChI=1S/C12H12O8/c13-6-11(20,7-4-2-1-3-5-7)12(8(14)15,9(16)17)10(18)19/h1-5,13,20H,6H2,(H,14,15)(H,16,17)(H,18,19). The molecule has 8 heteroatoms. The zero-order valence-corrected chi connectivity index (χ0v) is 10.1. The Kier molecular flexibility index (Phi) is 4.11. The van der Waals surface area contributed by atoms with E-state index in [0.29, 0.717) is 0 Å². The molecule has 0 aliphatic rings. The molecule has 5 N–H and O–H groups in total. The number of hydrogen-bond acceptors (Lipinski definition) is 5. The molecule has 1 aromatic rings. The van der Waals surface area contributed by atoms with Crippen LogP contribution in [0.2, 0.25) is 0 Å². The van der Waals surface area contributed by atoms with Crippen LogP contribution in [0, 0.1) is 5.41 Å². The summed E-state index contributed by atoms with van der Waals surface area (Å²) in [5.41, 5.74) is -7.00. The van der Waals surface area contributed by atoms with Crippen LogP contribution in [-0.2, 0) is 20.0 Å². The van der Waals surface area contributed by atoms with Crippen LogP contribution in [0.3, 0.4) is 0 Å². The molecule has 0 fully saturated rings. The number of aliphatic carboxylic acids is 3. The van der Waals surface area contributed by atoms with Crippen molar-refractivity contribution in [3.05, 3.63) is 35.9 Å². The van der Waals surface area contributed by atoms with Crippen molar-refractivity contribution in [3.63, 3.8) is 0 Å². The Hall–Kier alpha value is -2.45. The Morgan fingerprint density at radius 2 is 1.30 bits per heavy atom. The van der Waals surface area contributed by atoms with Crippen molar-refractivity contribution in [1.29, 1.82) is 0 Å². The van der Waals surface area contributed by atoms with Crippen molar-refractivity contribution < 1.29 is 39.9 Å². The minimum Gasteiger partial charge on any atom is -0.480 e. The average molecular weight is 284 g/mol.